The largest absolute Gasteiger partial charge is 0.506 e. The van der Waals surface area contributed by atoms with Crippen molar-refractivity contribution in [3.8, 4) is 5.75 Å². The van der Waals surface area contributed by atoms with Gasteiger partial charge in [-0.15, -0.1) is 0 Å². The van der Waals surface area contributed by atoms with Crippen molar-refractivity contribution >= 4 is 11.6 Å². The molecule has 5 heteroatoms. The number of aliphatic hydroxyl groups is 1. The highest BCUT2D eigenvalue weighted by Gasteiger charge is 2.31. The third kappa shape index (κ3) is 2.40. The first-order valence-electron chi connectivity index (χ1n) is 5.70. The number of amides is 1. The van der Waals surface area contributed by atoms with Crippen LogP contribution in [0, 0.1) is 0 Å². The molecule has 0 saturated carbocycles. The molecule has 0 unspecified atom stereocenters. The van der Waals surface area contributed by atoms with Gasteiger partial charge in [-0.05, 0) is 18.6 Å². The summed E-state index contributed by atoms with van der Waals surface area (Å²) in [7, 11) is 0. The average molecular weight is 236 g/mol. The van der Waals surface area contributed by atoms with E-state index in [0.29, 0.717) is 31.6 Å². The average Bonchev–Trinajstić information content (AvgIpc) is 2.69. The van der Waals surface area contributed by atoms with Gasteiger partial charge in [0.1, 0.15) is 11.4 Å². The van der Waals surface area contributed by atoms with Gasteiger partial charge in [-0.3, -0.25) is 4.79 Å². The molecule has 1 aliphatic heterocycles. The number of anilines is 1. The molecule has 1 aliphatic rings. The maximum Gasteiger partial charge on any atom is 0.243 e. The minimum absolute atomic E-state index is 0.0237. The zero-order valence-corrected chi connectivity index (χ0v) is 9.54. The lowest BCUT2D eigenvalue weighted by Gasteiger charge is -2.28. The number of carbonyl (C=O) groups excluding carboxylic acids is 1. The van der Waals surface area contributed by atoms with E-state index in [1.807, 2.05) is 5.01 Å². The summed E-state index contributed by atoms with van der Waals surface area (Å²) in [5, 5.41) is 21.9. The Balaban J connectivity index is 2.22. The Morgan fingerprint density at radius 3 is 2.76 bits per heavy atom. The SMILES string of the molecule is O=C1CCN(CCCO)N1c1ccccc1O. The van der Waals surface area contributed by atoms with Crippen LogP contribution in [0.15, 0.2) is 24.3 Å². The molecule has 1 fully saturated rings. The number of aliphatic hydroxyl groups excluding tert-OH is 1. The lowest BCUT2D eigenvalue weighted by atomic mass is 10.3. The molecular formula is C12H16N2O3. The van der Waals surface area contributed by atoms with Gasteiger partial charge in [-0.25, -0.2) is 10.0 Å². The first-order valence-corrected chi connectivity index (χ1v) is 5.70. The van der Waals surface area contributed by atoms with Crippen LogP contribution in [0.25, 0.3) is 0 Å². The smallest absolute Gasteiger partial charge is 0.243 e. The molecule has 0 atom stereocenters. The maximum absolute atomic E-state index is 11.8. The molecule has 2 rings (SSSR count). The second kappa shape index (κ2) is 5.16. The Kier molecular flexibility index (Phi) is 3.61. The first-order chi connectivity index (χ1) is 8.24. The number of aromatic hydroxyl groups is 1. The van der Waals surface area contributed by atoms with Gasteiger partial charge in [0.05, 0.1) is 0 Å². The molecule has 17 heavy (non-hydrogen) atoms. The van der Waals surface area contributed by atoms with Gasteiger partial charge < -0.3 is 10.2 Å². The molecular weight excluding hydrogens is 220 g/mol. The van der Waals surface area contributed by atoms with E-state index in [4.69, 9.17) is 5.11 Å². The number of phenols is 1. The summed E-state index contributed by atoms with van der Waals surface area (Å²) in [5.41, 5.74) is 0.507. The molecule has 1 heterocycles. The van der Waals surface area contributed by atoms with Crippen molar-refractivity contribution in [1.29, 1.82) is 0 Å². The maximum atomic E-state index is 11.8. The monoisotopic (exact) mass is 236 g/mol. The Hall–Kier alpha value is -1.59. The normalized spacial score (nSPS) is 16.8. The standard InChI is InChI=1S/C12H16N2O3/c15-9-3-7-13-8-6-12(17)14(13)10-4-1-2-5-11(10)16/h1-2,4-5,15-16H,3,6-9H2. The van der Waals surface area contributed by atoms with Crippen molar-refractivity contribution in [3.63, 3.8) is 0 Å². The Bertz CT molecular complexity index is 408. The molecule has 0 aliphatic carbocycles. The molecule has 1 aromatic carbocycles. The van der Waals surface area contributed by atoms with Crippen molar-refractivity contribution in [1.82, 2.24) is 5.01 Å². The molecule has 1 amide bonds. The lowest BCUT2D eigenvalue weighted by Crippen LogP contribution is -2.40. The third-order valence-corrected chi connectivity index (χ3v) is 2.79. The summed E-state index contributed by atoms with van der Waals surface area (Å²) >= 11 is 0. The van der Waals surface area contributed by atoms with Gasteiger partial charge in [-0.2, -0.15) is 0 Å². The van der Waals surface area contributed by atoms with Crippen molar-refractivity contribution < 1.29 is 15.0 Å². The number of para-hydroxylation sites is 2. The highest BCUT2D eigenvalue weighted by Crippen LogP contribution is 2.30. The van der Waals surface area contributed by atoms with Gasteiger partial charge in [0.15, 0.2) is 0 Å². The third-order valence-electron chi connectivity index (χ3n) is 2.79. The van der Waals surface area contributed by atoms with E-state index in [9.17, 15) is 9.90 Å². The van der Waals surface area contributed by atoms with Crippen LogP contribution in [0.5, 0.6) is 5.75 Å². The fourth-order valence-corrected chi connectivity index (χ4v) is 1.98. The van der Waals surface area contributed by atoms with E-state index in [1.165, 1.54) is 5.01 Å². The number of rotatable bonds is 4. The van der Waals surface area contributed by atoms with E-state index < -0.39 is 0 Å². The van der Waals surface area contributed by atoms with Crippen LogP contribution in [-0.4, -0.2) is 40.8 Å². The fourth-order valence-electron chi connectivity index (χ4n) is 1.98. The number of hydrazine groups is 1. The molecule has 0 spiro atoms. The number of nitrogens with zero attached hydrogens (tertiary/aromatic N) is 2. The quantitative estimate of drug-likeness (QED) is 0.809. The predicted molar refractivity (Wildman–Crippen MR) is 63.5 cm³/mol. The lowest BCUT2D eigenvalue weighted by molar-refractivity contribution is -0.118. The van der Waals surface area contributed by atoms with Gasteiger partial charge in [0, 0.05) is 26.1 Å². The Morgan fingerprint density at radius 1 is 1.29 bits per heavy atom. The molecule has 0 aromatic heterocycles. The number of hydrogen-bond acceptors (Lipinski definition) is 4. The van der Waals surface area contributed by atoms with Crippen LogP contribution < -0.4 is 5.01 Å². The van der Waals surface area contributed by atoms with Crippen LogP contribution in [0.2, 0.25) is 0 Å². The van der Waals surface area contributed by atoms with Crippen molar-refractivity contribution in [2.75, 3.05) is 24.7 Å². The summed E-state index contributed by atoms with van der Waals surface area (Å²) in [5.74, 6) is 0.0705. The van der Waals surface area contributed by atoms with Gasteiger partial charge in [-0.1, -0.05) is 12.1 Å². The van der Waals surface area contributed by atoms with Crippen LogP contribution in [0.1, 0.15) is 12.8 Å². The molecule has 1 saturated heterocycles. The zero-order valence-electron chi connectivity index (χ0n) is 9.54. The highest BCUT2D eigenvalue weighted by molar-refractivity contribution is 5.95. The molecule has 0 bridgehead atoms. The van der Waals surface area contributed by atoms with Crippen LogP contribution in [0.4, 0.5) is 5.69 Å². The number of hydrogen-bond donors (Lipinski definition) is 2. The zero-order chi connectivity index (χ0) is 12.3. The molecule has 5 nitrogen and oxygen atoms in total. The van der Waals surface area contributed by atoms with Crippen molar-refractivity contribution in [2.24, 2.45) is 0 Å². The fraction of sp³-hybridized carbons (Fsp3) is 0.417. The van der Waals surface area contributed by atoms with Gasteiger partial charge in [0.25, 0.3) is 0 Å². The summed E-state index contributed by atoms with van der Waals surface area (Å²) in [6.45, 7) is 1.34. The Labute approximate surface area is 99.9 Å². The molecule has 92 valence electrons. The summed E-state index contributed by atoms with van der Waals surface area (Å²) in [6, 6.07) is 6.78. The van der Waals surface area contributed by atoms with E-state index in [2.05, 4.69) is 0 Å². The first kappa shape index (κ1) is 11.9. The van der Waals surface area contributed by atoms with E-state index in [-0.39, 0.29) is 18.3 Å². The molecule has 0 radical (unpaired) electrons. The highest BCUT2D eigenvalue weighted by atomic mass is 16.3. The van der Waals surface area contributed by atoms with Crippen LogP contribution in [0.3, 0.4) is 0 Å². The number of carbonyl (C=O) groups is 1. The van der Waals surface area contributed by atoms with E-state index in [0.717, 1.165) is 0 Å². The van der Waals surface area contributed by atoms with E-state index >= 15 is 0 Å². The second-order valence-corrected chi connectivity index (χ2v) is 3.98. The summed E-state index contributed by atoms with van der Waals surface area (Å²) < 4.78 is 0. The number of benzene rings is 1. The second-order valence-electron chi connectivity index (χ2n) is 3.98. The molecule has 1 aromatic rings. The predicted octanol–water partition coefficient (Wildman–Crippen LogP) is 0.728. The van der Waals surface area contributed by atoms with Gasteiger partial charge >= 0.3 is 0 Å². The minimum Gasteiger partial charge on any atom is -0.506 e. The molecule has 2 N–H and O–H groups in total. The van der Waals surface area contributed by atoms with Crippen LogP contribution in [-0.2, 0) is 4.79 Å². The Morgan fingerprint density at radius 2 is 2.06 bits per heavy atom. The summed E-state index contributed by atoms with van der Waals surface area (Å²) in [6.07, 6.45) is 1.05. The minimum atomic E-state index is -0.0237. The van der Waals surface area contributed by atoms with Crippen LogP contribution >= 0.6 is 0 Å². The number of phenolic OH excluding ortho intramolecular Hbond substituents is 1. The van der Waals surface area contributed by atoms with Gasteiger partial charge in [0.2, 0.25) is 5.91 Å². The van der Waals surface area contributed by atoms with E-state index in [1.54, 1.807) is 24.3 Å². The topological polar surface area (TPSA) is 64.0 Å². The van der Waals surface area contributed by atoms with Crippen molar-refractivity contribution in [2.45, 2.75) is 12.8 Å². The summed E-state index contributed by atoms with van der Waals surface area (Å²) in [4.78, 5) is 11.8. The van der Waals surface area contributed by atoms with Crippen molar-refractivity contribution in [3.05, 3.63) is 24.3 Å².